The Morgan fingerprint density at radius 1 is 1.50 bits per heavy atom. The van der Waals surface area contributed by atoms with Gasteiger partial charge in [-0.3, -0.25) is 0 Å². The maximum atomic E-state index is 11.5. The third kappa shape index (κ3) is 4.31. The first-order valence-electron chi connectivity index (χ1n) is 5.84. The van der Waals surface area contributed by atoms with Crippen molar-refractivity contribution in [2.75, 3.05) is 13.7 Å². The summed E-state index contributed by atoms with van der Waals surface area (Å²) in [6.45, 7) is 4.49. The van der Waals surface area contributed by atoms with Crippen LogP contribution in [0.3, 0.4) is 0 Å². The van der Waals surface area contributed by atoms with Crippen LogP contribution in [-0.2, 0) is 16.1 Å². The van der Waals surface area contributed by atoms with Crippen LogP contribution in [0.15, 0.2) is 22.7 Å². The normalized spacial score (nSPS) is 12.0. The Morgan fingerprint density at radius 3 is 2.83 bits per heavy atom. The zero-order chi connectivity index (χ0) is 13.5. The maximum absolute atomic E-state index is 11.5. The van der Waals surface area contributed by atoms with Crippen molar-refractivity contribution in [2.24, 2.45) is 0 Å². The lowest BCUT2D eigenvalue weighted by Gasteiger charge is -2.16. The van der Waals surface area contributed by atoms with Gasteiger partial charge >= 0.3 is 5.97 Å². The van der Waals surface area contributed by atoms with Crippen molar-refractivity contribution in [1.29, 1.82) is 0 Å². The molecule has 4 nitrogen and oxygen atoms in total. The van der Waals surface area contributed by atoms with Gasteiger partial charge in [0.05, 0.1) is 6.61 Å². The van der Waals surface area contributed by atoms with Crippen LogP contribution in [0.2, 0.25) is 0 Å². The van der Waals surface area contributed by atoms with E-state index in [1.165, 1.54) is 0 Å². The predicted molar refractivity (Wildman–Crippen MR) is 73.6 cm³/mol. The van der Waals surface area contributed by atoms with E-state index in [0.29, 0.717) is 18.9 Å². The van der Waals surface area contributed by atoms with Gasteiger partial charge in [0.1, 0.15) is 5.75 Å². The van der Waals surface area contributed by atoms with Crippen molar-refractivity contribution >= 4 is 21.9 Å². The first-order valence-corrected chi connectivity index (χ1v) is 6.64. The number of benzene rings is 1. The fourth-order valence-electron chi connectivity index (χ4n) is 1.49. The van der Waals surface area contributed by atoms with Crippen LogP contribution in [0.5, 0.6) is 5.75 Å². The number of esters is 1. The minimum Gasteiger partial charge on any atom is -0.479 e. The first kappa shape index (κ1) is 15.0. The third-order valence-corrected chi connectivity index (χ3v) is 2.81. The standard InChI is InChI=1S/C13H18BrNO3/c1-4-17-13(16)9(2)18-12-6-5-11(14)7-10(12)8-15-3/h5-7,9,15H,4,8H2,1-3H3. The van der Waals surface area contributed by atoms with E-state index in [-0.39, 0.29) is 5.97 Å². The molecule has 1 atom stereocenters. The summed E-state index contributed by atoms with van der Waals surface area (Å²) in [5.74, 6) is 0.337. The van der Waals surface area contributed by atoms with Gasteiger partial charge < -0.3 is 14.8 Å². The molecule has 100 valence electrons. The summed E-state index contributed by atoms with van der Waals surface area (Å²) in [5.41, 5.74) is 0.989. The predicted octanol–water partition coefficient (Wildman–Crippen LogP) is 2.50. The SMILES string of the molecule is CCOC(=O)C(C)Oc1ccc(Br)cc1CNC. The van der Waals surface area contributed by atoms with Crippen LogP contribution in [-0.4, -0.2) is 25.7 Å². The number of carbonyl (C=O) groups is 1. The lowest BCUT2D eigenvalue weighted by atomic mass is 10.2. The molecule has 0 saturated heterocycles. The van der Waals surface area contributed by atoms with Gasteiger partial charge in [0.15, 0.2) is 6.10 Å². The van der Waals surface area contributed by atoms with Gasteiger partial charge in [0.25, 0.3) is 0 Å². The van der Waals surface area contributed by atoms with E-state index >= 15 is 0 Å². The highest BCUT2D eigenvalue weighted by molar-refractivity contribution is 9.10. The molecule has 0 spiro atoms. The van der Waals surface area contributed by atoms with Gasteiger partial charge in [-0.1, -0.05) is 15.9 Å². The van der Waals surface area contributed by atoms with E-state index in [0.717, 1.165) is 10.0 Å². The number of hydrogen-bond donors (Lipinski definition) is 1. The lowest BCUT2D eigenvalue weighted by molar-refractivity contribution is -0.150. The smallest absolute Gasteiger partial charge is 0.347 e. The topological polar surface area (TPSA) is 47.6 Å². The summed E-state index contributed by atoms with van der Waals surface area (Å²) in [6.07, 6.45) is -0.610. The average molecular weight is 316 g/mol. The van der Waals surface area contributed by atoms with Gasteiger partial charge in [-0.2, -0.15) is 0 Å². The van der Waals surface area contributed by atoms with E-state index in [1.54, 1.807) is 13.8 Å². The molecular formula is C13H18BrNO3. The molecule has 1 N–H and O–H groups in total. The number of rotatable bonds is 6. The van der Waals surface area contributed by atoms with Crippen LogP contribution in [0.4, 0.5) is 0 Å². The Labute approximate surface area is 116 Å². The van der Waals surface area contributed by atoms with E-state index in [9.17, 15) is 4.79 Å². The number of nitrogens with one attached hydrogen (secondary N) is 1. The molecule has 0 aliphatic rings. The van der Waals surface area contributed by atoms with Crippen LogP contribution in [0.25, 0.3) is 0 Å². The second kappa shape index (κ2) is 7.38. The zero-order valence-electron chi connectivity index (χ0n) is 10.8. The van der Waals surface area contributed by atoms with Gasteiger partial charge in [0.2, 0.25) is 0 Å². The van der Waals surface area contributed by atoms with Crippen LogP contribution < -0.4 is 10.1 Å². The van der Waals surface area contributed by atoms with Crippen LogP contribution in [0.1, 0.15) is 19.4 Å². The molecule has 1 rings (SSSR count). The Morgan fingerprint density at radius 2 is 2.22 bits per heavy atom. The van der Waals surface area contributed by atoms with E-state index < -0.39 is 6.10 Å². The van der Waals surface area contributed by atoms with Gasteiger partial charge in [0, 0.05) is 16.6 Å². The first-order chi connectivity index (χ1) is 8.58. The van der Waals surface area contributed by atoms with Crippen molar-refractivity contribution in [3.05, 3.63) is 28.2 Å². The second-order valence-electron chi connectivity index (χ2n) is 3.79. The molecule has 18 heavy (non-hydrogen) atoms. The number of ether oxygens (including phenoxy) is 2. The highest BCUT2D eigenvalue weighted by Crippen LogP contribution is 2.24. The fourth-order valence-corrected chi connectivity index (χ4v) is 1.90. The Balaban J connectivity index is 2.79. The Kier molecular flexibility index (Phi) is 6.15. The number of hydrogen-bond acceptors (Lipinski definition) is 4. The molecule has 0 aliphatic heterocycles. The number of carbonyl (C=O) groups excluding carboxylic acids is 1. The van der Waals surface area contributed by atoms with E-state index in [4.69, 9.17) is 9.47 Å². The maximum Gasteiger partial charge on any atom is 0.347 e. The summed E-state index contributed by atoms with van der Waals surface area (Å²) in [7, 11) is 1.86. The molecule has 5 heteroatoms. The highest BCUT2D eigenvalue weighted by atomic mass is 79.9. The molecule has 1 aromatic rings. The van der Waals surface area contributed by atoms with E-state index in [1.807, 2.05) is 25.2 Å². The number of halogens is 1. The third-order valence-electron chi connectivity index (χ3n) is 2.31. The molecule has 1 unspecified atom stereocenters. The second-order valence-corrected chi connectivity index (χ2v) is 4.71. The lowest BCUT2D eigenvalue weighted by Crippen LogP contribution is -2.26. The minimum atomic E-state index is -0.610. The highest BCUT2D eigenvalue weighted by Gasteiger charge is 2.17. The van der Waals surface area contributed by atoms with Crippen molar-refractivity contribution in [1.82, 2.24) is 5.32 Å². The monoisotopic (exact) mass is 315 g/mol. The molecule has 0 amide bonds. The molecule has 0 radical (unpaired) electrons. The van der Waals surface area contributed by atoms with Crippen LogP contribution in [0, 0.1) is 0 Å². The molecule has 1 aromatic carbocycles. The summed E-state index contributed by atoms with van der Waals surface area (Å²) < 4.78 is 11.5. The van der Waals surface area contributed by atoms with Crippen molar-refractivity contribution in [3.63, 3.8) is 0 Å². The molecule has 0 saturated carbocycles. The minimum absolute atomic E-state index is 0.351. The van der Waals surface area contributed by atoms with Gasteiger partial charge in [-0.15, -0.1) is 0 Å². The molecule has 0 aromatic heterocycles. The van der Waals surface area contributed by atoms with Gasteiger partial charge in [-0.05, 0) is 39.1 Å². The molecule has 0 aliphatic carbocycles. The molecule has 0 bridgehead atoms. The quantitative estimate of drug-likeness (QED) is 0.819. The van der Waals surface area contributed by atoms with Crippen molar-refractivity contribution < 1.29 is 14.3 Å². The van der Waals surface area contributed by atoms with Gasteiger partial charge in [-0.25, -0.2) is 4.79 Å². The Bertz CT molecular complexity index is 409. The molecule has 0 heterocycles. The van der Waals surface area contributed by atoms with Crippen molar-refractivity contribution in [3.8, 4) is 5.75 Å². The summed E-state index contributed by atoms with van der Waals surface area (Å²) in [5, 5.41) is 3.06. The summed E-state index contributed by atoms with van der Waals surface area (Å²) in [6, 6.07) is 5.68. The van der Waals surface area contributed by atoms with Crippen molar-refractivity contribution in [2.45, 2.75) is 26.5 Å². The average Bonchev–Trinajstić information content (AvgIpc) is 2.33. The van der Waals surface area contributed by atoms with E-state index in [2.05, 4.69) is 21.2 Å². The largest absolute Gasteiger partial charge is 0.479 e. The summed E-state index contributed by atoms with van der Waals surface area (Å²) >= 11 is 3.41. The zero-order valence-corrected chi connectivity index (χ0v) is 12.4. The molecular weight excluding hydrogens is 298 g/mol. The fraction of sp³-hybridized carbons (Fsp3) is 0.462. The molecule has 0 fully saturated rings. The Hall–Kier alpha value is -1.07. The summed E-state index contributed by atoms with van der Waals surface area (Å²) in [4.78, 5) is 11.5. The van der Waals surface area contributed by atoms with Crippen LogP contribution >= 0.6 is 15.9 Å².